The standard InChI is InChI=1S/C18H15FN2/c1-4-14-9(2)17-10(3)18-13(8-16(17)20-14)12-7-11(19)5-6-15(12)21-18/h5-8H,4H2,1-3H3. The third-order valence-electron chi connectivity index (χ3n) is 4.40. The maximum atomic E-state index is 13.5. The fourth-order valence-corrected chi connectivity index (χ4v) is 3.36. The lowest BCUT2D eigenvalue weighted by Gasteiger charge is -2.05. The van der Waals surface area contributed by atoms with Gasteiger partial charge in [0.2, 0.25) is 0 Å². The molecule has 0 aliphatic carbocycles. The Labute approximate surface area is 122 Å². The molecule has 0 saturated carbocycles. The molecule has 21 heavy (non-hydrogen) atoms. The lowest BCUT2D eigenvalue weighted by Crippen LogP contribution is -2.18. The minimum absolute atomic E-state index is 0.226. The van der Waals surface area contributed by atoms with E-state index in [1.807, 2.05) is 0 Å². The van der Waals surface area contributed by atoms with E-state index in [-0.39, 0.29) is 5.82 Å². The van der Waals surface area contributed by atoms with Gasteiger partial charge in [-0.1, -0.05) is 6.92 Å². The summed E-state index contributed by atoms with van der Waals surface area (Å²) in [5.74, 6) is -0.226. The smallest absolute Gasteiger partial charge is 0.123 e. The first-order valence-corrected chi connectivity index (χ1v) is 7.21. The van der Waals surface area contributed by atoms with Crippen LogP contribution in [-0.4, -0.2) is 0 Å². The molecule has 0 saturated heterocycles. The van der Waals surface area contributed by atoms with E-state index in [4.69, 9.17) is 4.99 Å². The highest BCUT2D eigenvalue weighted by atomic mass is 19.1. The molecule has 2 aromatic rings. The minimum atomic E-state index is -0.226. The Kier molecular flexibility index (Phi) is 2.43. The zero-order valence-electron chi connectivity index (χ0n) is 12.3. The molecule has 0 amide bonds. The average molecular weight is 278 g/mol. The summed E-state index contributed by atoms with van der Waals surface area (Å²) in [6.45, 7) is 6.32. The Balaban J connectivity index is 2.08. The lowest BCUT2D eigenvalue weighted by molar-refractivity contribution is 0.628. The normalized spacial score (nSPS) is 14.5. The molecule has 2 aliphatic rings. The van der Waals surface area contributed by atoms with Crippen LogP contribution >= 0.6 is 0 Å². The van der Waals surface area contributed by atoms with Gasteiger partial charge in [-0.15, -0.1) is 0 Å². The molecule has 0 bridgehead atoms. The van der Waals surface area contributed by atoms with Crippen molar-refractivity contribution in [3.8, 4) is 11.1 Å². The van der Waals surface area contributed by atoms with E-state index in [1.54, 1.807) is 12.1 Å². The zero-order chi connectivity index (χ0) is 14.7. The first kappa shape index (κ1) is 12.5. The molecule has 2 aromatic carbocycles. The SMILES string of the molecule is CCC1=C(C)c2c(C)c3c(cc2=N1)-c1cc(F)ccc1N=3. The molecule has 2 heterocycles. The van der Waals surface area contributed by atoms with Gasteiger partial charge in [0, 0.05) is 22.4 Å². The largest absolute Gasteiger partial charge is 0.253 e. The van der Waals surface area contributed by atoms with E-state index in [0.717, 1.165) is 45.2 Å². The molecule has 4 rings (SSSR count). The fourth-order valence-electron chi connectivity index (χ4n) is 3.36. The Morgan fingerprint density at radius 1 is 1.05 bits per heavy atom. The predicted octanol–water partition coefficient (Wildman–Crippen LogP) is 3.84. The number of hydrogen-bond donors (Lipinski definition) is 0. The molecule has 0 atom stereocenters. The van der Waals surface area contributed by atoms with Crippen LogP contribution in [0.15, 0.2) is 39.9 Å². The number of fused-ring (bicyclic) bond motifs is 4. The predicted molar refractivity (Wildman–Crippen MR) is 81.4 cm³/mol. The molecule has 104 valence electrons. The summed E-state index contributed by atoms with van der Waals surface area (Å²) in [4.78, 5) is 9.42. The van der Waals surface area contributed by atoms with E-state index in [2.05, 4.69) is 31.8 Å². The molecular formula is C18H15FN2. The van der Waals surface area contributed by atoms with Crippen LogP contribution in [0.2, 0.25) is 0 Å². The summed E-state index contributed by atoms with van der Waals surface area (Å²) in [5.41, 5.74) is 7.42. The molecular weight excluding hydrogens is 263 g/mol. The number of nitrogens with zero attached hydrogens (tertiary/aromatic N) is 2. The van der Waals surface area contributed by atoms with Crippen LogP contribution in [0.1, 0.15) is 31.4 Å². The van der Waals surface area contributed by atoms with Gasteiger partial charge in [-0.3, -0.25) is 4.99 Å². The molecule has 2 aliphatic heterocycles. The number of halogens is 1. The lowest BCUT2D eigenvalue weighted by atomic mass is 9.96. The number of rotatable bonds is 1. The summed E-state index contributed by atoms with van der Waals surface area (Å²) in [7, 11) is 0. The fraction of sp³-hybridized carbons (Fsp3) is 0.222. The van der Waals surface area contributed by atoms with Crippen LogP contribution in [0.4, 0.5) is 10.1 Å². The Morgan fingerprint density at radius 3 is 2.62 bits per heavy atom. The van der Waals surface area contributed by atoms with Crippen LogP contribution in [0.25, 0.3) is 16.7 Å². The Hall–Kier alpha value is -2.29. The molecule has 0 N–H and O–H groups in total. The van der Waals surface area contributed by atoms with Crippen LogP contribution in [-0.2, 0) is 0 Å². The van der Waals surface area contributed by atoms with E-state index >= 15 is 0 Å². The number of benzene rings is 2. The van der Waals surface area contributed by atoms with Gasteiger partial charge in [-0.25, -0.2) is 9.38 Å². The van der Waals surface area contributed by atoms with Crippen molar-refractivity contribution >= 4 is 11.3 Å². The molecule has 0 aromatic heterocycles. The number of allylic oxidation sites excluding steroid dienone is 2. The Morgan fingerprint density at radius 2 is 1.86 bits per heavy atom. The second-order valence-corrected chi connectivity index (χ2v) is 5.60. The van der Waals surface area contributed by atoms with Crippen LogP contribution in [0.3, 0.4) is 0 Å². The van der Waals surface area contributed by atoms with Gasteiger partial charge in [0.05, 0.1) is 16.4 Å². The summed E-state index contributed by atoms with van der Waals surface area (Å²) in [5, 5.41) is 1.95. The second-order valence-electron chi connectivity index (χ2n) is 5.60. The van der Waals surface area contributed by atoms with Gasteiger partial charge in [-0.05, 0) is 55.7 Å². The quantitative estimate of drug-likeness (QED) is 0.646. The average Bonchev–Trinajstić information content (AvgIpc) is 2.98. The maximum absolute atomic E-state index is 13.5. The van der Waals surface area contributed by atoms with E-state index in [0.29, 0.717) is 0 Å². The third kappa shape index (κ3) is 1.57. The molecule has 0 radical (unpaired) electrons. The highest BCUT2D eigenvalue weighted by molar-refractivity contribution is 5.82. The van der Waals surface area contributed by atoms with Crippen molar-refractivity contribution in [1.82, 2.24) is 0 Å². The molecule has 0 spiro atoms. The highest BCUT2D eigenvalue weighted by Crippen LogP contribution is 2.35. The van der Waals surface area contributed by atoms with Gasteiger partial charge >= 0.3 is 0 Å². The summed E-state index contributed by atoms with van der Waals surface area (Å²) >= 11 is 0. The molecule has 0 fully saturated rings. The molecule has 3 heteroatoms. The summed E-state index contributed by atoms with van der Waals surface area (Å²) in [6, 6.07) is 6.82. The van der Waals surface area contributed by atoms with Crippen molar-refractivity contribution in [2.24, 2.45) is 9.98 Å². The van der Waals surface area contributed by atoms with Crippen LogP contribution < -0.4 is 10.7 Å². The molecule has 2 nitrogen and oxygen atoms in total. The highest BCUT2D eigenvalue weighted by Gasteiger charge is 2.22. The number of hydrogen-bond acceptors (Lipinski definition) is 2. The maximum Gasteiger partial charge on any atom is 0.123 e. The van der Waals surface area contributed by atoms with Gasteiger partial charge in [0.25, 0.3) is 0 Å². The van der Waals surface area contributed by atoms with Gasteiger partial charge < -0.3 is 0 Å². The van der Waals surface area contributed by atoms with Gasteiger partial charge in [0.1, 0.15) is 5.82 Å². The van der Waals surface area contributed by atoms with E-state index in [9.17, 15) is 4.39 Å². The third-order valence-corrected chi connectivity index (χ3v) is 4.40. The minimum Gasteiger partial charge on any atom is -0.253 e. The van der Waals surface area contributed by atoms with Gasteiger partial charge in [-0.2, -0.15) is 0 Å². The van der Waals surface area contributed by atoms with Crippen molar-refractivity contribution < 1.29 is 4.39 Å². The molecule has 0 unspecified atom stereocenters. The summed E-state index contributed by atoms with van der Waals surface area (Å²) < 4.78 is 13.5. The van der Waals surface area contributed by atoms with E-state index < -0.39 is 0 Å². The Bertz CT molecular complexity index is 952. The topological polar surface area (TPSA) is 24.7 Å². The first-order chi connectivity index (χ1) is 10.1. The van der Waals surface area contributed by atoms with Crippen molar-refractivity contribution in [1.29, 1.82) is 0 Å². The monoisotopic (exact) mass is 278 g/mol. The van der Waals surface area contributed by atoms with Crippen molar-refractivity contribution in [3.05, 3.63) is 57.6 Å². The van der Waals surface area contributed by atoms with Crippen molar-refractivity contribution in [3.63, 3.8) is 0 Å². The summed E-state index contributed by atoms with van der Waals surface area (Å²) in [6.07, 6.45) is 0.924. The van der Waals surface area contributed by atoms with Crippen LogP contribution in [0.5, 0.6) is 0 Å². The van der Waals surface area contributed by atoms with Crippen molar-refractivity contribution in [2.75, 3.05) is 0 Å². The van der Waals surface area contributed by atoms with E-state index in [1.165, 1.54) is 17.2 Å². The first-order valence-electron chi connectivity index (χ1n) is 7.21. The van der Waals surface area contributed by atoms with Gasteiger partial charge in [0.15, 0.2) is 0 Å². The zero-order valence-corrected chi connectivity index (χ0v) is 12.3. The second kappa shape index (κ2) is 4.10. The van der Waals surface area contributed by atoms with Crippen molar-refractivity contribution in [2.45, 2.75) is 27.2 Å². The van der Waals surface area contributed by atoms with Crippen LogP contribution in [0, 0.1) is 12.7 Å².